The van der Waals surface area contributed by atoms with E-state index >= 15 is 0 Å². The minimum atomic E-state index is -0.0812. The monoisotopic (exact) mass is 430 g/mol. The van der Waals surface area contributed by atoms with Gasteiger partial charge in [-0.3, -0.25) is 14.4 Å². The summed E-state index contributed by atoms with van der Waals surface area (Å²) in [6.45, 7) is 0. The molecule has 2 heterocycles. The summed E-state index contributed by atoms with van der Waals surface area (Å²) in [4.78, 5) is 38.7. The van der Waals surface area contributed by atoms with Gasteiger partial charge >= 0.3 is 0 Å². The van der Waals surface area contributed by atoms with E-state index in [0.717, 1.165) is 20.9 Å². The Morgan fingerprint density at radius 2 is 0.967 bits per heavy atom. The quantitative estimate of drug-likeness (QED) is 0.328. The van der Waals surface area contributed by atoms with Gasteiger partial charge in [0.05, 0.1) is 9.75 Å². The van der Waals surface area contributed by atoms with Crippen LogP contribution in [0.5, 0.6) is 0 Å². The van der Waals surface area contributed by atoms with E-state index in [4.69, 9.17) is 0 Å². The van der Waals surface area contributed by atoms with Crippen molar-refractivity contribution in [1.29, 1.82) is 0 Å². The second-order valence-electron chi connectivity index (χ2n) is 6.88. The fourth-order valence-electron chi connectivity index (χ4n) is 3.13. The highest BCUT2D eigenvalue weighted by Crippen LogP contribution is 2.17. The lowest BCUT2D eigenvalue weighted by molar-refractivity contribution is 0.0988. The first-order valence-corrected chi connectivity index (χ1v) is 11.2. The van der Waals surface area contributed by atoms with Crippen LogP contribution in [0.25, 0.3) is 0 Å². The molecule has 148 valence electrons. The van der Waals surface area contributed by atoms with Crippen molar-refractivity contribution < 1.29 is 14.4 Å². The third-order valence-corrected chi connectivity index (χ3v) is 6.58. The van der Waals surface area contributed by atoms with Crippen LogP contribution in [0.15, 0.2) is 83.6 Å². The van der Waals surface area contributed by atoms with Crippen molar-refractivity contribution in [2.45, 2.75) is 12.8 Å². The largest absolute Gasteiger partial charge is 0.293 e. The van der Waals surface area contributed by atoms with E-state index in [-0.39, 0.29) is 17.3 Å². The highest BCUT2D eigenvalue weighted by molar-refractivity contribution is 7.12. The number of hydrogen-bond acceptors (Lipinski definition) is 5. The standard InChI is InChI=1S/C25H18O3S2/c26-21(23-3-1-13-29-23)15-17-5-9-19(10-6-17)25(28)20-11-7-18(8-12-20)16-22(27)24-4-2-14-30-24/h1-14H,15-16H2. The lowest BCUT2D eigenvalue weighted by Gasteiger charge is -2.05. The van der Waals surface area contributed by atoms with Gasteiger partial charge in [-0.15, -0.1) is 22.7 Å². The van der Waals surface area contributed by atoms with Crippen LogP contribution < -0.4 is 0 Å². The first-order valence-electron chi connectivity index (χ1n) is 9.46. The highest BCUT2D eigenvalue weighted by atomic mass is 32.1. The molecule has 0 atom stereocenters. The SMILES string of the molecule is O=C(c1ccc(CC(=O)c2cccs2)cc1)c1ccc(CC(=O)c2cccs2)cc1. The molecule has 0 radical (unpaired) electrons. The lowest BCUT2D eigenvalue weighted by Crippen LogP contribution is -2.05. The van der Waals surface area contributed by atoms with E-state index < -0.39 is 0 Å². The molecule has 0 saturated heterocycles. The topological polar surface area (TPSA) is 51.2 Å². The molecule has 0 fully saturated rings. The van der Waals surface area contributed by atoms with Crippen LogP contribution in [0.2, 0.25) is 0 Å². The first kappa shape index (κ1) is 20.1. The molecule has 2 aromatic carbocycles. The normalized spacial score (nSPS) is 10.7. The summed E-state index contributed by atoms with van der Waals surface area (Å²) >= 11 is 2.87. The molecule has 5 heteroatoms. The van der Waals surface area contributed by atoms with Crippen LogP contribution in [-0.4, -0.2) is 17.3 Å². The van der Waals surface area contributed by atoms with E-state index in [1.807, 2.05) is 59.3 Å². The van der Waals surface area contributed by atoms with Crippen LogP contribution in [-0.2, 0) is 12.8 Å². The molecular weight excluding hydrogens is 412 g/mol. The molecule has 3 nitrogen and oxygen atoms in total. The maximum atomic E-state index is 12.8. The van der Waals surface area contributed by atoms with Crippen LogP contribution >= 0.6 is 22.7 Å². The molecule has 0 aliphatic carbocycles. The molecule has 0 aliphatic heterocycles. The summed E-state index contributed by atoms with van der Waals surface area (Å²) < 4.78 is 0. The Labute approximate surface area is 182 Å². The second-order valence-corrected chi connectivity index (χ2v) is 8.77. The highest BCUT2D eigenvalue weighted by Gasteiger charge is 2.13. The Morgan fingerprint density at radius 1 is 0.567 bits per heavy atom. The third-order valence-electron chi connectivity index (χ3n) is 4.75. The van der Waals surface area contributed by atoms with Crippen LogP contribution in [0.1, 0.15) is 46.4 Å². The smallest absolute Gasteiger partial charge is 0.193 e. The van der Waals surface area contributed by atoms with Gasteiger partial charge < -0.3 is 0 Å². The summed E-state index contributed by atoms with van der Waals surface area (Å²) in [5.41, 5.74) is 2.91. The molecule has 0 N–H and O–H groups in total. The molecule has 0 spiro atoms. The Hall–Kier alpha value is -3.15. The fraction of sp³-hybridized carbons (Fsp3) is 0.0800. The van der Waals surface area contributed by atoms with Crippen molar-refractivity contribution in [2.24, 2.45) is 0 Å². The Kier molecular flexibility index (Phi) is 6.12. The molecule has 2 aromatic heterocycles. The fourth-order valence-corrected chi connectivity index (χ4v) is 4.46. The lowest BCUT2D eigenvalue weighted by atomic mass is 9.98. The zero-order valence-electron chi connectivity index (χ0n) is 16.0. The van der Waals surface area contributed by atoms with E-state index in [9.17, 15) is 14.4 Å². The van der Waals surface area contributed by atoms with Crippen molar-refractivity contribution in [3.8, 4) is 0 Å². The van der Waals surface area contributed by atoms with Gasteiger partial charge in [0.1, 0.15) is 0 Å². The van der Waals surface area contributed by atoms with Crippen molar-refractivity contribution >= 4 is 40.0 Å². The molecule has 30 heavy (non-hydrogen) atoms. The molecule has 4 aromatic rings. The second kappa shape index (κ2) is 9.11. The predicted molar refractivity (Wildman–Crippen MR) is 121 cm³/mol. The van der Waals surface area contributed by atoms with Crippen LogP contribution in [0.4, 0.5) is 0 Å². The van der Waals surface area contributed by atoms with Gasteiger partial charge in [-0.2, -0.15) is 0 Å². The number of carbonyl (C=O) groups excluding carboxylic acids is 3. The molecule has 4 rings (SSSR count). The number of ketones is 3. The summed E-state index contributed by atoms with van der Waals surface area (Å²) in [7, 11) is 0. The molecule has 0 amide bonds. The number of rotatable bonds is 8. The molecule has 0 saturated carbocycles. The van der Waals surface area contributed by atoms with Crippen molar-refractivity contribution in [1.82, 2.24) is 0 Å². The van der Waals surface area contributed by atoms with Crippen LogP contribution in [0, 0.1) is 0 Å². The summed E-state index contributed by atoms with van der Waals surface area (Å²) in [5.74, 6) is 0.0794. The summed E-state index contributed by atoms with van der Waals surface area (Å²) in [5, 5.41) is 3.77. The van der Waals surface area contributed by atoms with E-state index in [0.29, 0.717) is 24.0 Å². The zero-order valence-corrected chi connectivity index (χ0v) is 17.7. The first-order chi connectivity index (χ1) is 14.6. The Morgan fingerprint density at radius 3 is 1.30 bits per heavy atom. The molecule has 0 unspecified atom stereocenters. The van der Waals surface area contributed by atoms with E-state index in [2.05, 4.69) is 0 Å². The zero-order chi connectivity index (χ0) is 20.9. The average molecular weight is 431 g/mol. The van der Waals surface area contributed by atoms with Crippen molar-refractivity contribution in [3.63, 3.8) is 0 Å². The number of hydrogen-bond donors (Lipinski definition) is 0. The van der Waals surface area contributed by atoms with Crippen molar-refractivity contribution in [3.05, 3.63) is 116 Å². The van der Waals surface area contributed by atoms with E-state index in [1.165, 1.54) is 22.7 Å². The predicted octanol–water partition coefficient (Wildman–Crippen LogP) is 5.89. The minimum absolute atomic E-state index is 0.0803. The van der Waals surface area contributed by atoms with Crippen molar-refractivity contribution in [2.75, 3.05) is 0 Å². The summed E-state index contributed by atoms with van der Waals surface area (Å²) in [6, 6.07) is 21.7. The van der Waals surface area contributed by atoms with Gasteiger partial charge in [0.15, 0.2) is 17.3 Å². The third kappa shape index (κ3) is 4.70. The Balaban J connectivity index is 1.40. The van der Waals surface area contributed by atoms with Gasteiger partial charge in [0, 0.05) is 24.0 Å². The maximum absolute atomic E-state index is 12.8. The van der Waals surface area contributed by atoms with Gasteiger partial charge in [-0.25, -0.2) is 0 Å². The van der Waals surface area contributed by atoms with Gasteiger partial charge in [0.25, 0.3) is 0 Å². The van der Waals surface area contributed by atoms with Gasteiger partial charge in [0.2, 0.25) is 0 Å². The molecule has 0 aliphatic rings. The minimum Gasteiger partial charge on any atom is -0.293 e. The Bertz CT molecular complexity index is 1060. The summed E-state index contributed by atoms with van der Waals surface area (Å²) in [6.07, 6.45) is 0.643. The maximum Gasteiger partial charge on any atom is 0.193 e. The number of thiophene rings is 2. The number of Topliss-reactive ketones (excluding diaryl/α,β-unsaturated/α-hetero) is 2. The molecular formula is C25H18O3S2. The van der Waals surface area contributed by atoms with Crippen LogP contribution in [0.3, 0.4) is 0 Å². The average Bonchev–Trinajstić information content (AvgIpc) is 3.49. The number of benzene rings is 2. The van der Waals surface area contributed by atoms with E-state index in [1.54, 1.807) is 24.3 Å². The van der Waals surface area contributed by atoms with Gasteiger partial charge in [-0.1, -0.05) is 60.7 Å². The number of carbonyl (C=O) groups is 3. The van der Waals surface area contributed by atoms with Gasteiger partial charge in [-0.05, 0) is 34.0 Å². The molecule has 0 bridgehead atoms.